The molecule has 0 bridgehead atoms. The van der Waals surface area contributed by atoms with Crippen LogP contribution in [-0.4, -0.2) is 5.11 Å². The van der Waals surface area contributed by atoms with Crippen LogP contribution in [0, 0.1) is 5.92 Å². The summed E-state index contributed by atoms with van der Waals surface area (Å²) in [5.41, 5.74) is 6.73. The van der Waals surface area contributed by atoms with Crippen molar-refractivity contribution in [3.05, 3.63) is 53.1 Å². The molecular formula is C23H32O. The van der Waals surface area contributed by atoms with Crippen LogP contribution >= 0.6 is 0 Å². The lowest BCUT2D eigenvalue weighted by atomic mass is 9.82. The van der Waals surface area contributed by atoms with Crippen molar-refractivity contribution in [1.29, 1.82) is 0 Å². The fraction of sp³-hybridized carbons (Fsp3) is 0.478. The number of rotatable bonds is 6. The predicted octanol–water partition coefficient (Wildman–Crippen LogP) is 6.89. The highest BCUT2D eigenvalue weighted by Crippen LogP contribution is 2.39. The molecule has 130 valence electrons. The summed E-state index contributed by atoms with van der Waals surface area (Å²) >= 11 is 0. The highest BCUT2D eigenvalue weighted by Gasteiger charge is 2.18. The lowest BCUT2D eigenvalue weighted by Gasteiger charge is -2.22. The molecule has 0 heterocycles. The van der Waals surface area contributed by atoms with Crippen LogP contribution in [0.1, 0.15) is 76.5 Å². The van der Waals surface area contributed by atoms with E-state index in [4.69, 9.17) is 0 Å². The van der Waals surface area contributed by atoms with Crippen LogP contribution in [0.2, 0.25) is 0 Å². The van der Waals surface area contributed by atoms with Gasteiger partial charge in [-0.3, -0.25) is 0 Å². The lowest BCUT2D eigenvalue weighted by Crippen LogP contribution is -2.03. The Morgan fingerprint density at radius 1 is 0.833 bits per heavy atom. The van der Waals surface area contributed by atoms with Gasteiger partial charge in [-0.1, -0.05) is 65.8 Å². The van der Waals surface area contributed by atoms with Gasteiger partial charge in [0.2, 0.25) is 0 Å². The second kappa shape index (κ2) is 7.88. The first kappa shape index (κ1) is 18.6. The summed E-state index contributed by atoms with van der Waals surface area (Å²) < 4.78 is 0. The zero-order valence-corrected chi connectivity index (χ0v) is 16.1. The third-order valence-electron chi connectivity index (χ3n) is 4.72. The quantitative estimate of drug-likeness (QED) is 0.613. The third kappa shape index (κ3) is 4.20. The molecule has 0 amide bonds. The zero-order chi connectivity index (χ0) is 17.9. The van der Waals surface area contributed by atoms with Gasteiger partial charge in [0.25, 0.3) is 0 Å². The van der Waals surface area contributed by atoms with E-state index in [-0.39, 0.29) is 0 Å². The Balaban J connectivity index is 2.66. The Labute approximate surface area is 147 Å². The van der Waals surface area contributed by atoms with E-state index in [1.165, 1.54) is 27.8 Å². The lowest BCUT2D eigenvalue weighted by molar-refractivity contribution is 0.474. The van der Waals surface area contributed by atoms with Crippen LogP contribution in [0.5, 0.6) is 5.75 Å². The maximum atomic E-state index is 10.0. The van der Waals surface area contributed by atoms with Gasteiger partial charge in [-0.2, -0.15) is 0 Å². The molecule has 0 spiro atoms. The Kier molecular flexibility index (Phi) is 6.10. The van der Waals surface area contributed by atoms with Crippen molar-refractivity contribution in [2.45, 2.75) is 66.2 Å². The van der Waals surface area contributed by atoms with Crippen molar-refractivity contribution in [3.8, 4) is 16.9 Å². The Morgan fingerprint density at radius 2 is 1.42 bits per heavy atom. The van der Waals surface area contributed by atoms with E-state index in [1.807, 2.05) is 12.1 Å². The van der Waals surface area contributed by atoms with E-state index in [9.17, 15) is 5.11 Å². The summed E-state index contributed by atoms with van der Waals surface area (Å²) in [4.78, 5) is 0. The van der Waals surface area contributed by atoms with Crippen LogP contribution in [-0.2, 0) is 6.42 Å². The minimum atomic E-state index is 0.366. The predicted molar refractivity (Wildman–Crippen MR) is 105 cm³/mol. The average Bonchev–Trinajstić information content (AvgIpc) is 2.52. The Hall–Kier alpha value is -1.76. The fourth-order valence-electron chi connectivity index (χ4n) is 3.34. The molecule has 0 saturated carbocycles. The smallest absolute Gasteiger partial charge is 0.115 e. The van der Waals surface area contributed by atoms with E-state index >= 15 is 0 Å². The van der Waals surface area contributed by atoms with E-state index in [0.717, 1.165) is 12.8 Å². The summed E-state index contributed by atoms with van der Waals surface area (Å²) in [5, 5.41) is 10.0. The maximum Gasteiger partial charge on any atom is 0.115 e. The van der Waals surface area contributed by atoms with Gasteiger partial charge >= 0.3 is 0 Å². The molecule has 2 rings (SSSR count). The molecule has 0 aliphatic rings. The molecule has 0 aliphatic heterocycles. The van der Waals surface area contributed by atoms with Gasteiger partial charge in [-0.15, -0.1) is 0 Å². The second-order valence-corrected chi connectivity index (χ2v) is 7.89. The largest absolute Gasteiger partial charge is 0.508 e. The van der Waals surface area contributed by atoms with Crippen molar-refractivity contribution in [2.75, 3.05) is 0 Å². The molecule has 0 radical (unpaired) electrons. The SMILES string of the molecule is CC(C)CCc1cc(O)ccc1-c1c(C(C)C)cccc1C(C)C. The third-order valence-corrected chi connectivity index (χ3v) is 4.72. The van der Waals surface area contributed by atoms with Gasteiger partial charge in [0.05, 0.1) is 0 Å². The molecule has 1 N–H and O–H groups in total. The molecule has 0 saturated heterocycles. The number of benzene rings is 2. The molecule has 1 nitrogen and oxygen atoms in total. The number of hydrogen-bond acceptors (Lipinski definition) is 1. The Morgan fingerprint density at radius 3 is 1.92 bits per heavy atom. The van der Waals surface area contributed by atoms with Crippen molar-refractivity contribution in [3.63, 3.8) is 0 Å². The summed E-state index contributed by atoms with van der Waals surface area (Å²) in [6.07, 6.45) is 2.14. The number of phenols is 1. The zero-order valence-electron chi connectivity index (χ0n) is 16.1. The van der Waals surface area contributed by atoms with Crippen molar-refractivity contribution >= 4 is 0 Å². The molecule has 1 heteroatoms. The monoisotopic (exact) mass is 324 g/mol. The highest BCUT2D eigenvalue weighted by molar-refractivity contribution is 5.76. The molecule has 2 aromatic rings. The first-order valence-corrected chi connectivity index (χ1v) is 9.26. The molecular weight excluding hydrogens is 292 g/mol. The van der Waals surface area contributed by atoms with Crippen LogP contribution in [0.4, 0.5) is 0 Å². The van der Waals surface area contributed by atoms with Gasteiger partial charge in [0.15, 0.2) is 0 Å². The molecule has 24 heavy (non-hydrogen) atoms. The Bertz CT molecular complexity index is 654. The molecule has 0 unspecified atom stereocenters. The van der Waals surface area contributed by atoms with Crippen LogP contribution in [0.3, 0.4) is 0 Å². The number of aromatic hydroxyl groups is 1. The summed E-state index contributed by atoms with van der Waals surface area (Å²) in [6, 6.07) is 12.6. The minimum Gasteiger partial charge on any atom is -0.508 e. The summed E-state index contributed by atoms with van der Waals surface area (Å²) in [7, 11) is 0. The van der Waals surface area contributed by atoms with Gasteiger partial charge in [-0.25, -0.2) is 0 Å². The van der Waals surface area contributed by atoms with Crippen molar-refractivity contribution in [1.82, 2.24) is 0 Å². The van der Waals surface area contributed by atoms with Crippen LogP contribution in [0.15, 0.2) is 36.4 Å². The highest BCUT2D eigenvalue weighted by atomic mass is 16.3. The van der Waals surface area contributed by atoms with Crippen molar-refractivity contribution in [2.24, 2.45) is 5.92 Å². The van der Waals surface area contributed by atoms with Crippen LogP contribution < -0.4 is 0 Å². The number of aryl methyl sites for hydroxylation is 1. The standard InChI is InChI=1S/C23H32O/c1-15(2)10-11-18-14-19(24)12-13-22(18)23-20(16(3)4)8-7-9-21(23)17(5)6/h7-9,12-17,24H,10-11H2,1-6H3. The topological polar surface area (TPSA) is 20.2 Å². The minimum absolute atomic E-state index is 0.366. The fourth-order valence-corrected chi connectivity index (χ4v) is 3.34. The summed E-state index contributed by atoms with van der Waals surface area (Å²) in [5.74, 6) is 1.98. The van der Waals surface area contributed by atoms with Gasteiger partial charge in [0.1, 0.15) is 5.75 Å². The van der Waals surface area contributed by atoms with Gasteiger partial charge in [0, 0.05) is 0 Å². The van der Waals surface area contributed by atoms with E-state index in [2.05, 4.69) is 65.8 Å². The number of phenolic OH excluding ortho intramolecular Hbond substituents is 1. The molecule has 2 aromatic carbocycles. The van der Waals surface area contributed by atoms with Crippen molar-refractivity contribution < 1.29 is 5.11 Å². The second-order valence-electron chi connectivity index (χ2n) is 7.89. The normalized spacial score (nSPS) is 11.7. The first-order chi connectivity index (χ1) is 11.3. The first-order valence-electron chi connectivity index (χ1n) is 9.26. The maximum absolute atomic E-state index is 10.0. The van der Waals surface area contributed by atoms with E-state index in [0.29, 0.717) is 23.5 Å². The number of hydrogen-bond donors (Lipinski definition) is 1. The summed E-state index contributed by atoms with van der Waals surface area (Å²) in [6.45, 7) is 13.6. The molecule has 0 atom stereocenters. The van der Waals surface area contributed by atoms with Crippen LogP contribution in [0.25, 0.3) is 11.1 Å². The average molecular weight is 325 g/mol. The molecule has 0 aliphatic carbocycles. The molecule has 0 fully saturated rings. The van der Waals surface area contributed by atoms with Gasteiger partial charge < -0.3 is 5.11 Å². The van der Waals surface area contributed by atoms with E-state index < -0.39 is 0 Å². The molecule has 0 aromatic heterocycles. The van der Waals surface area contributed by atoms with E-state index in [1.54, 1.807) is 0 Å². The van der Waals surface area contributed by atoms with Gasteiger partial charge in [-0.05, 0) is 70.5 Å².